The lowest BCUT2D eigenvalue weighted by Gasteiger charge is -2.22. The molecule has 1 aromatic rings. The summed E-state index contributed by atoms with van der Waals surface area (Å²) < 4.78 is 10.2. The topological polar surface area (TPSA) is 47.6 Å². The monoisotopic (exact) mass is 269 g/mol. The van der Waals surface area contributed by atoms with Gasteiger partial charge in [0.1, 0.15) is 6.04 Å². The van der Waals surface area contributed by atoms with E-state index in [-0.39, 0.29) is 11.9 Å². The average Bonchev–Trinajstić information content (AvgIpc) is 2.90. The number of halogens is 1. The highest BCUT2D eigenvalue weighted by Crippen LogP contribution is 2.26. The van der Waals surface area contributed by atoms with Crippen molar-refractivity contribution in [2.24, 2.45) is 5.92 Å². The standard InChI is InChI=1S/C13H16ClNO3/c1-17-13(16)12(9-6-7-18-8-9)15-11-5-3-2-4-10(11)14/h2-5,9,12,15H,6-8H2,1H3. The Morgan fingerprint density at radius 1 is 1.56 bits per heavy atom. The summed E-state index contributed by atoms with van der Waals surface area (Å²) in [7, 11) is 1.39. The molecular formula is C13H16ClNO3. The van der Waals surface area contributed by atoms with Gasteiger partial charge in [-0.05, 0) is 18.6 Å². The van der Waals surface area contributed by atoms with Crippen LogP contribution in [0.25, 0.3) is 0 Å². The number of nitrogens with one attached hydrogen (secondary N) is 1. The van der Waals surface area contributed by atoms with E-state index in [9.17, 15) is 4.79 Å². The minimum Gasteiger partial charge on any atom is -0.467 e. The quantitative estimate of drug-likeness (QED) is 0.853. The second kappa shape index (κ2) is 6.07. The van der Waals surface area contributed by atoms with E-state index in [2.05, 4.69) is 5.32 Å². The summed E-state index contributed by atoms with van der Waals surface area (Å²) in [4.78, 5) is 11.8. The molecule has 5 heteroatoms. The van der Waals surface area contributed by atoms with Crippen LogP contribution < -0.4 is 5.32 Å². The van der Waals surface area contributed by atoms with Gasteiger partial charge in [-0.15, -0.1) is 0 Å². The highest BCUT2D eigenvalue weighted by molar-refractivity contribution is 6.33. The van der Waals surface area contributed by atoms with Crippen molar-refractivity contribution in [3.05, 3.63) is 29.3 Å². The van der Waals surface area contributed by atoms with E-state index in [1.54, 1.807) is 6.07 Å². The first kappa shape index (κ1) is 13.2. The van der Waals surface area contributed by atoms with Crippen LogP contribution in [0, 0.1) is 5.92 Å². The number of methoxy groups -OCH3 is 1. The normalized spacial score (nSPS) is 20.4. The van der Waals surface area contributed by atoms with Gasteiger partial charge in [0.25, 0.3) is 0 Å². The van der Waals surface area contributed by atoms with Crippen LogP contribution in [-0.2, 0) is 14.3 Å². The predicted molar refractivity (Wildman–Crippen MR) is 69.8 cm³/mol. The summed E-state index contributed by atoms with van der Waals surface area (Å²) in [6.45, 7) is 1.25. The number of para-hydroxylation sites is 1. The van der Waals surface area contributed by atoms with E-state index in [1.165, 1.54) is 7.11 Å². The Morgan fingerprint density at radius 3 is 2.94 bits per heavy atom. The zero-order valence-electron chi connectivity index (χ0n) is 10.2. The fourth-order valence-electron chi connectivity index (χ4n) is 2.06. The third-order valence-corrected chi connectivity index (χ3v) is 3.41. The van der Waals surface area contributed by atoms with E-state index < -0.39 is 6.04 Å². The predicted octanol–water partition coefficient (Wildman–Crippen LogP) is 2.33. The minimum atomic E-state index is -0.419. The number of hydrogen-bond acceptors (Lipinski definition) is 4. The average molecular weight is 270 g/mol. The van der Waals surface area contributed by atoms with Crippen molar-refractivity contribution in [3.8, 4) is 0 Å². The lowest BCUT2D eigenvalue weighted by atomic mass is 9.99. The maximum absolute atomic E-state index is 11.8. The Labute approximate surface area is 111 Å². The summed E-state index contributed by atoms with van der Waals surface area (Å²) in [6, 6.07) is 6.92. The maximum atomic E-state index is 11.8. The van der Waals surface area contributed by atoms with Gasteiger partial charge in [-0.3, -0.25) is 0 Å². The lowest BCUT2D eigenvalue weighted by molar-refractivity contribution is -0.142. The fourth-order valence-corrected chi connectivity index (χ4v) is 2.25. The molecule has 2 atom stereocenters. The second-order valence-corrected chi connectivity index (χ2v) is 4.66. The molecule has 1 saturated heterocycles. The maximum Gasteiger partial charge on any atom is 0.328 e. The number of ether oxygens (including phenoxy) is 2. The summed E-state index contributed by atoms with van der Waals surface area (Å²) in [5.74, 6) is -0.167. The van der Waals surface area contributed by atoms with Crippen molar-refractivity contribution in [3.63, 3.8) is 0 Å². The molecule has 18 heavy (non-hydrogen) atoms. The van der Waals surface area contributed by atoms with Gasteiger partial charge in [-0.25, -0.2) is 4.79 Å². The molecule has 1 N–H and O–H groups in total. The largest absolute Gasteiger partial charge is 0.467 e. The van der Waals surface area contributed by atoms with Crippen molar-refractivity contribution >= 4 is 23.3 Å². The first-order chi connectivity index (χ1) is 8.72. The van der Waals surface area contributed by atoms with E-state index in [0.717, 1.165) is 12.1 Å². The Kier molecular flexibility index (Phi) is 4.44. The molecule has 2 unspecified atom stereocenters. The van der Waals surface area contributed by atoms with Gasteiger partial charge in [0, 0.05) is 12.5 Å². The first-order valence-electron chi connectivity index (χ1n) is 5.89. The van der Waals surface area contributed by atoms with Crippen LogP contribution in [0.4, 0.5) is 5.69 Å². The van der Waals surface area contributed by atoms with Gasteiger partial charge in [0.2, 0.25) is 0 Å². The van der Waals surface area contributed by atoms with Gasteiger partial charge in [-0.2, -0.15) is 0 Å². The number of hydrogen-bond donors (Lipinski definition) is 1. The van der Waals surface area contributed by atoms with E-state index in [4.69, 9.17) is 21.1 Å². The van der Waals surface area contributed by atoms with Crippen LogP contribution in [-0.4, -0.2) is 32.3 Å². The van der Waals surface area contributed by atoms with Crippen molar-refractivity contribution in [1.29, 1.82) is 0 Å². The zero-order chi connectivity index (χ0) is 13.0. The third kappa shape index (κ3) is 2.94. The molecule has 0 saturated carbocycles. The van der Waals surface area contributed by atoms with Gasteiger partial charge in [-0.1, -0.05) is 23.7 Å². The molecular weight excluding hydrogens is 254 g/mol. The molecule has 1 aliphatic rings. The van der Waals surface area contributed by atoms with Gasteiger partial charge >= 0.3 is 5.97 Å². The number of carbonyl (C=O) groups is 1. The Hall–Kier alpha value is -1.26. The molecule has 1 fully saturated rings. The van der Waals surface area contributed by atoms with Crippen molar-refractivity contribution < 1.29 is 14.3 Å². The highest BCUT2D eigenvalue weighted by atomic mass is 35.5. The highest BCUT2D eigenvalue weighted by Gasteiger charge is 2.32. The lowest BCUT2D eigenvalue weighted by Crippen LogP contribution is -2.38. The van der Waals surface area contributed by atoms with Crippen molar-refractivity contribution in [2.75, 3.05) is 25.6 Å². The third-order valence-electron chi connectivity index (χ3n) is 3.08. The molecule has 0 aliphatic carbocycles. The summed E-state index contributed by atoms with van der Waals surface area (Å²) in [6.07, 6.45) is 0.844. The molecule has 1 aliphatic heterocycles. The van der Waals surface area contributed by atoms with E-state index >= 15 is 0 Å². The van der Waals surface area contributed by atoms with Crippen LogP contribution in [0.1, 0.15) is 6.42 Å². The number of benzene rings is 1. The minimum absolute atomic E-state index is 0.119. The molecule has 2 rings (SSSR count). The molecule has 4 nitrogen and oxygen atoms in total. The first-order valence-corrected chi connectivity index (χ1v) is 6.27. The number of carbonyl (C=O) groups excluding carboxylic acids is 1. The van der Waals surface area contributed by atoms with Gasteiger partial charge in [0.15, 0.2) is 0 Å². The van der Waals surface area contributed by atoms with Crippen LogP contribution in [0.3, 0.4) is 0 Å². The van der Waals surface area contributed by atoms with E-state index in [1.807, 2.05) is 18.2 Å². The van der Waals surface area contributed by atoms with Crippen molar-refractivity contribution in [2.45, 2.75) is 12.5 Å². The van der Waals surface area contributed by atoms with Gasteiger partial charge in [0.05, 0.1) is 24.4 Å². The molecule has 0 aromatic heterocycles. The Bertz CT molecular complexity index is 418. The van der Waals surface area contributed by atoms with Crippen LogP contribution in [0.5, 0.6) is 0 Å². The Morgan fingerprint density at radius 2 is 2.33 bits per heavy atom. The molecule has 0 bridgehead atoms. The van der Waals surface area contributed by atoms with Crippen LogP contribution >= 0.6 is 11.6 Å². The molecule has 0 amide bonds. The number of rotatable bonds is 4. The Balaban J connectivity index is 2.14. The molecule has 0 radical (unpaired) electrons. The van der Waals surface area contributed by atoms with Crippen LogP contribution in [0.15, 0.2) is 24.3 Å². The van der Waals surface area contributed by atoms with Crippen molar-refractivity contribution in [1.82, 2.24) is 0 Å². The zero-order valence-corrected chi connectivity index (χ0v) is 10.9. The second-order valence-electron chi connectivity index (χ2n) is 4.25. The number of esters is 1. The summed E-state index contributed by atoms with van der Waals surface area (Å²) >= 11 is 6.08. The molecule has 1 heterocycles. The molecule has 0 spiro atoms. The smallest absolute Gasteiger partial charge is 0.328 e. The van der Waals surface area contributed by atoms with Gasteiger partial charge < -0.3 is 14.8 Å². The van der Waals surface area contributed by atoms with E-state index in [0.29, 0.717) is 18.2 Å². The van der Waals surface area contributed by atoms with Crippen LogP contribution in [0.2, 0.25) is 5.02 Å². The fraction of sp³-hybridized carbons (Fsp3) is 0.462. The summed E-state index contributed by atoms with van der Waals surface area (Å²) in [5.41, 5.74) is 0.737. The summed E-state index contributed by atoms with van der Waals surface area (Å²) in [5, 5.41) is 3.74. The molecule has 1 aromatic carbocycles. The number of anilines is 1. The molecule has 98 valence electrons. The SMILES string of the molecule is COC(=O)C(Nc1ccccc1Cl)C1CCOC1.